The molecule has 2 amide bonds. The summed E-state index contributed by atoms with van der Waals surface area (Å²) in [7, 11) is 1.84. The van der Waals surface area contributed by atoms with Crippen LogP contribution in [0, 0.1) is 12.7 Å². The molecule has 6 heteroatoms. The van der Waals surface area contributed by atoms with Gasteiger partial charge in [-0.2, -0.15) is 0 Å². The molecule has 0 heterocycles. The molecule has 2 rings (SSSR count). The molecular weight excluding hydrogens is 321 g/mol. The van der Waals surface area contributed by atoms with E-state index in [1.165, 1.54) is 29.8 Å². The number of carbonyl (C=O) groups is 2. The standard InChI is InChI=1S/C19H22FN3O2/c1-13-4-6-15(7-5-13)12-23(3)14(2)18(24)21-22-19(25)16-8-10-17(20)11-9-16/h4-11,14H,12H2,1-3H3,(H,21,24)(H,22,25)/t14-/m0/s1. The molecule has 2 aromatic rings. The normalized spacial score (nSPS) is 11.9. The fraction of sp³-hybridized carbons (Fsp3) is 0.263. The van der Waals surface area contributed by atoms with Crippen molar-refractivity contribution in [3.63, 3.8) is 0 Å². The van der Waals surface area contributed by atoms with Crippen LogP contribution in [-0.2, 0) is 11.3 Å². The number of nitrogens with one attached hydrogen (secondary N) is 2. The van der Waals surface area contributed by atoms with Crippen molar-refractivity contribution in [1.82, 2.24) is 15.8 Å². The van der Waals surface area contributed by atoms with E-state index < -0.39 is 17.8 Å². The van der Waals surface area contributed by atoms with Crippen LogP contribution in [0.1, 0.15) is 28.4 Å². The minimum absolute atomic E-state index is 0.266. The second kappa shape index (κ2) is 8.39. The van der Waals surface area contributed by atoms with Crippen molar-refractivity contribution in [3.8, 4) is 0 Å². The number of likely N-dealkylation sites (N-methyl/N-ethyl adjacent to an activating group) is 1. The number of nitrogens with zero attached hydrogens (tertiary/aromatic N) is 1. The quantitative estimate of drug-likeness (QED) is 0.820. The maximum absolute atomic E-state index is 12.9. The van der Waals surface area contributed by atoms with Crippen molar-refractivity contribution in [1.29, 1.82) is 0 Å². The molecule has 132 valence electrons. The number of amides is 2. The summed E-state index contributed by atoms with van der Waals surface area (Å²) in [6.45, 7) is 4.39. The van der Waals surface area contributed by atoms with Crippen LogP contribution in [0.5, 0.6) is 0 Å². The molecule has 0 saturated carbocycles. The summed E-state index contributed by atoms with van der Waals surface area (Å²) in [5.74, 6) is -1.25. The summed E-state index contributed by atoms with van der Waals surface area (Å²) in [4.78, 5) is 26.0. The lowest BCUT2D eigenvalue weighted by atomic mass is 10.1. The Hall–Kier alpha value is -2.73. The van der Waals surface area contributed by atoms with Crippen LogP contribution in [0.25, 0.3) is 0 Å². The molecule has 0 aliphatic rings. The lowest BCUT2D eigenvalue weighted by Crippen LogP contribution is -2.50. The van der Waals surface area contributed by atoms with E-state index in [0.717, 1.165) is 5.56 Å². The molecule has 0 bridgehead atoms. The fourth-order valence-corrected chi connectivity index (χ4v) is 2.21. The second-order valence-corrected chi connectivity index (χ2v) is 6.03. The van der Waals surface area contributed by atoms with Gasteiger partial charge in [0.05, 0.1) is 6.04 Å². The molecule has 0 unspecified atom stereocenters. The molecular formula is C19H22FN3O2. The fourth-order valence-electron chi connectivity index (χ4n) is 2.21. The van der Waals surface area contributed by atoms with Gasteiger partial charge in [-0.25, -0.2) is 4.39 Å². The summed E-state index contributed by atoms with van der Waals surface area (Å²) in [5, 5.41) is 0. The number of hydrogen-bond donors (Lipinski definition) is 2. The van der Waals surface area contributed by atoms with E-state index in [2.05, 4.69) is 10.9 Å². The zero-order chi connectivity index (χ0) is 18.4. The Balaban J connectivity index is 1.85. The zero-order valence-corrected chi connectivity index (χ0v) is 14.5. The van der Waals surface area contributed by atoms with Gasteiger partial charge in [0, 0.05) is 12.1 Å². The Morgan fingerprint density at radius 2 is 1.64 bits per heavy atom. The van der Waals surface area contributed by atoms with Gasteiger partial charge in [0.1, 0.15) is 5.82 Å². The van der Waals surface area contributed by atoms with E-state index in [9.17, 15) is 14.0 Å². The van der Waals surface area contributed by atoms with Crippen LogP contribution < -0.4 is 10.9 Å². The van der Waals surface area contributed by atoms with Crippen molar-refractivity contribution in [3.05, 3.63) is 71.0 Å². The Bertz CT molecular complexity index is 729. The van der Waals surface area contributed by atoms with Crippen molar-refractivity contribution < 1.29 is 14.0 Å². The van der Waals surface area contributed by atoms with E-state index in [-0.39, 0.29) is 11.5 Å². The average molecular weight is 343 g/mol. The van der Waals surface area contributed by atoms with Crippen LogP contribution in [0.3, 0.4) is 0 Å². The molecule has 0 spiro atoms. The van der Waals surface area contributed by atoms with Crippen LogP contribution in [0.15, 0.2) is 48.5 Å². The molecule has 1 atom stereocenters. The lowest BCUT2D eigenvalue weighted by Gasteiger charge is -2.24. The number of rotatable bonds is 5. The number of aryl methyl sites for hydroxylation is 1. The summed E-state index contributed by atoms with van der Waals surface area (Å²) in [6, 6.07) is 12.7. The number of halogens is 1. The van der Waals surface area contributed by atoms with Crippen molar-refractivity contribution >= 4 is 11.8 Å². The lowest BCUT2D eigenvalue weighted by molar-refractivity contribution is -0.126. The molecule has 0 aliphatic carbocycles. The highest BCUT2D eigenvalue weighted by atomic mass is 19.1. The van der Waals surface area contributed by atoms with Gasteiger partial charge in [-0.05, 0) is 50.7 Å². The maximum Gasteiger partial charge on any atom is 0.269 e. The summed E-state index contributed by atoms with van der Waals surface area (Å²) >= 11 is 0. The van der Waals surface area contributed by atoms with E-state index in [1.54, 1.807) is 6.92 Å². The molecule has 0 saturated heterocycles. The van der Waals surface area contributed by atoms with Crippen molar-refractivity contribution in [2.24, 2.45) is 0 Å². The Kier molecular flexibility index (Phi) is 6.25. The van der Waals surface area contributed by atoms with Gasteiger partial charge in [-0.3, -0.25) is 25.3 Å². The molecule has 5 nitrogen and oxygen atoms in total. The Morgan fingerprint density at radius 1 is 1.04 bits per heavy atom. The van der Waals surface area contributed by atoms with Gasteiger partial charge in [-0.1, -0.05) is 29.8 Å². The third-order valence-electron chi connectivity index (χ3n) is 4.00. The highest BCUT2D eigenvalue weighted by Crippen LogP contribution is 2.08. The van der Waals surface area contributed by atoms with Crippen molar-refractivity contribution in [2.45, 2.75) is 26.4 Å². The van der Waals surface area contributed by atoms with Crippen LogP contribution >= 0.6 is 0 Å². The molecule has 25 heavy (non-hydrogen) atoms. The number of benzene rings is 2. The van der Waals surface area contributed by atoms with Gasteiger partial charge >= 0.3 is 0 Å². The molecule has 0 aliphatic heterocycles. The SMILES string of the molecule is Cc1ccc(CN(C)[C@@H](C)C(=O)NNC(=O)c2ccc(F)cc2)cc1. The summed E-state index contributed by atoms with van der Waals surface area (Å²) in [6.07, 6.45) is 0. The van der Waals surface area contributed by atoms with E-state index in [0.29, 0.717) is 6.54 Å². The Morgan fingerprint density at radius 3 is 2.24 bits per heavy atom. The smallest absolute Gasteiger partial charge is 0.269 e. The van der Waals surface area contributed by atoms with Crippen LogP contribution in [0.4, 0.5) is 4.39 Å². The predicted molar refractivity (Wildman–Crippen MR) is 94.1 cm³/mol. The number of hydrogen-bond acceptors (Lipinski definition) is 3. The maximum atomic E-state index is 12.9. The minimum atomic E-state index is -0.498. The van der Waals surface area contributed by atoms with Crippen molar-refractivity contribution in [2.75, 3.05) is 7.05 Å². The summed E-state index contributed by atoms with van der Waals surface area (Å²) in [5.41, 5.74) is 7.28. The first-order valence-electron chi connectivity index (χ1n) is 7.98. The third kappa shape index (κ3) is 5.39. The molecule has 0 radical (unpaired) electrons. The van der Waals surface area contributed by atoms with Gasteiger partial charge in [0.2, 0.25) is 0 Å². The molecule has 0 fully saturated rings. The highest BCUT2D eigenvalue weighted by molar-refractivity contribution is 5.95. The first-order chi connectivity index (χ1) is 11.9. The number of carbonyl (C=O) groups excluding carboxylic acids is 2. The summed E-state index contributed by atoms with van der Waals surface area (Å²) < 4.78 is 12.9. The first kappa shape index (κ1) is 18.6. The van der Waals surface area contributed by atoms with E-state index in [1.807, 2.05) is 43.1 Å². The molecule has 0 aromatic heterocycles. The average Bonchev–Trinajstić information content (AvgIpc) is 2.61. The largest absolute Gasteiger partial charge is 0.291 e. The van der Waals surface area contributed by atoms with E-state index >= 15 is 0 Å². The predicted octanol–water partition coefficient (Wildman–Crippen LogP) is 2.42. The van der Waals surface area contributed by atoms with Gasteiger partial charge < -0.3 is 0 Å². The minimum Gasteiger partial charge on any atom is -0.291 e. The third-order valence-corrected chi connectivity index (χ3v) is 4.00. The zero-order valence-electron chi connectivity index (χ0n) is 14.5. The van der Waals surface area contributed by atoms with Gasteiger partial charge in [-0.15, -0.1) is 0 Å². The molecule has 2 aromatic carbocycles. The van der Waals surface area contributed by atoms with Crippen LogP contribution in [0.2, 0.25) is 0 Å². The van der Waals surface area contributed by atoms with Gasteiger partial charge in [0.25, 0.3) is 11.8 Å². The topological polar surface area (TPSA) is 61.4 Å². The van der Waals surface area contributed by atoms with Gasteiger partial charge in [0.15, 0.2) is 0 Å². The first-order valence-corrected chi connectivity index (χ1v) is 7.98. The Labute approximate surface area is 146 Å². The van der Waals surface area contributed by atoms with Crippen LogP contribution in [-0.4, -0.2) is 29.8 Å². The monoisotopic (exact) mass is 343 g/mol. The number of hydrazine groups is 1. The highest BCUT2D eigenvalue weighted by Gasteiger charge is 2.19. The molecule has 2 N–H and O–H groups in total. The second-order valence-electron chi connectivity index (χ2n) is 6.03. The van der Waals surface area contributed by atoms with E-state index in [4.69, 9.17) is 0 Å².